The summed E-state index contributed by atoms with van der Waals surface area (Å²) in [4.78, 5) is 39.1. The van der Waals surface area contributed by atoms with Crippen LogP contribution in [-0.2, 0) is 25.5 Å². The lowest BCUT2D eigenvalue weighted by Crippen LogP contribution is -2.70. The molecule has 2 heterocycles. The van der Waals surface area contributed by atoms with Gasteiger partial charge in [-0.25, -0.2) is 4.79 Å². The quantitative estimate of drug-likeness (QED) is 0.594. The van der Waals surface area contributed by atoms with Crippen LogP contribution in [0.5, 0.6) is 0 Å². The number of fused-ring (bicyclic) bond motifs is 1. The largest absolute Gasteiger partial charge is 0.464 e. The third-order valence-corrected chi connectivity index (χ3v) is 6.32. The summed E-state index contributed by atoms with van der Waals surface area (Å²) in [5.41, 5.74) is 0.896. The van der Waals surface area contributed by atoms with E-state index in [2.05, 4.69) is 5.32 Å². The highest BCUT2D eigenvalue weighted by Crippen LogP contribution is 2.51. The number of ether oxygens (including phenoxy) is 1. The van der Waals surface area contributed by atoms with Crippen LogP contribution in [0.1, 0.15) is 33.3 Å². The van der Waals surface area contributed by atoms with E-state index < -0.39 is 16.8 Å². The van der Waals surface area contributed by atoms with Crippen molar-refractivity contribution >= 4 is 29.5 Å². The molecule has 2 amide bonds. The molecule has 3 rings (SSSR count). The number of hydrogen-bond donors (Lipinski definition) is 1. The predicted octanol–water partition coefficient (Wildman–Crippen LogP) is 1.98. The minimum atomic E-state index is -0.624. The summed E-state index contributed by atoms with van der Waals surface area (Å²) >= 11 is 1.54. The van der Waals surface area contributed by atoms with E-state index in [-0.39, 0.29) is 35.5 Å². The molecule has 146 valence electrons. The summed E-state index contributed by atoms with van der Waals surface area (Å²) in [5, 5.41) is 2.60. The SMILES string of the molecule is CC(C)COC(=O)[C@@H]1N2C(=O)C(NC(=O)Cc3ccccc3)C2SC1(C)C. The van der Waals surface area contributed by atoms with Crippen LogP contribution < -0.4 is 5.32 Å². The lowest BCUT2D eigenvalue weighted by Gasteiger charge is -2.44. The minimum Gasteiger partial charge on any atom is -0.464 e. The molecule has 27 heavy (non-hydrogen) atoms. The molecule has 1 N–H and O–H groups in total. The van der Waals surface area contributed by atoms with Crippen molar-refractivity contribution in [2.45, 2.75) is 56.3 Å². The summed E-state index contributed by atoms with van der Waals surface area (Å²) in [7, 11) is 0. The number of nitrogens with one attached hydrogen (secondary N) is 1. The number of β-lactam (4-membered cyclic amide) rings is 1. The zero-order valence-electron chi connectivity index (χ0n) is 16.1. The van der Waals surface area contributed by atoms with Gasteiger partial charge in [0.25, 0.3) is 0 Å². The molecule has 0 bridgehead atoms. The highest BCUT2D eigenvalue weighted by atomic mass is 32.2. The Kier molecular flexibility index (Phi) is 5.51. The van der Waals surface area contributed by atoms with Crippen molar-refractivity contribution in [2.24, 2.45) is 5.92 Å². The predicted molar refractivity (Wildman–Crippen MR) is 104 cm³/mol. The number of nitrogens with zero attached hydrogens (tertiary/aromatic N) is 1. The van der Waals surface area contributed by atoms with Crippen LogP contribution in [0, 0.1) is 5.92 Å². The highest BCUT2D eigenvalue weighted by molar-refractivity contribution is 8.01. The molecule has 1 aromatic rings. The van der Waals surface area contributed by atoms with Gasteiger partial charge in [0, 0.05) is 4.75 Å². The minimum absolute atomic E-state index is 0.191. The van der Waals surface area contributed by atoms with Crippen molar-refractivity contribution < 1.29 is 19.1 Å². The molecule has 3 atom stereocenters. The molecule has 2 fully saturated rings. The Hall–Kier alpha value is -2.02. The first kappa shape index (κ1) is 19.7. The molecule has 2 saturated heterocycles. The van der Waals surface area contributed by atoms with Crippen molar-refractivity contribution in [3.63, 3.8) is 0 Å². The molecule has 2 aliphatic heterocycles. The van der Waals surface area contributed by atoms with E-state index >= 15 is 0 Å². The molecule has 0 saturated carbocycles. The van der Waals surface area contributed by atoms with Crippen LogP contribution in [0.2, 0.25) is 0 Å². The van der Waals surface area contributed by atoms with E-state index in [1.165, 1.54) is 11.8 Å². The van der Waals surface area contributed by atoms with Gasteiger partial charge < -0.3 is 15.0 Å². The molecule has 7 heteroatoms. The summed E-state index contributed by atoms with van der Waals surface area (Å²) in [5.74, 6) is -0.542. The number of esters is 1. The number of amides is 2. The number of thioether (sulfide) groups is 1. The zero-order valence-corrected chi connectivity index (χ0v) is 16.9. The van der Waals surface area contributed by atoms with Gasteiger partial charge >= 0.3 is 5.97 Å². The standard InChI is InChI=1S/C20H26N2O4S/c1-12(2)11-26-19(25)16-20(3,4)27-18-15(17(24)22(16)18)21-14(23)10-13-8-6-5-7-9-13/h5-9,12,15-16,18H,10-11H2,1-4H3,(H,21,23)/t15?,16-,18?/m0/s1. The fourth-order valence-corrected chi connectivity index (χ4v) is 5.08. The maximum Gasteiger partial charge on any atom is 0.330 e. The first-order chi connectivity index (χ1) is 12.7. The Morgan fingerprint density at radius 1 is 1.26 bits per heavy atom. The Morgan fingerprint density at radius 3 is 2.56 bits per heavy atom. The van der Waals surface area contributed by atoms with E-state index in [9.17, 15) is 14.4 Å². The lowest BCUT2D eigenvalue weighted by atomic mass is 9.95. The van der Waals surface area contributed by atoms with Gasteiger partial charge in [0.15, 0.2) is 0 Å². The van der Waals surface area contributed by atoms with E-state index in [0.29, 0.717) is 6.61 Å². The van der Waals surface area contributed by atoms with Crippen LogP contribution >= 0.6 is 11.8 Å². The molecule has 2 aliphatic rings. The molecule has 0 aliphatic carbocycles. The number of benzene rings is 1. The van der Waals surface area contributed by atoms with E-state index in [1.807, 2.05) is 58.0 Å². The summed E-state index contributed by atoms with van der Waals surface area (Å²) in [6.07, 6.45) is 0.227. The van der Waals surface area contributed by atoms with Gasteiger partial charge in [-0.3, -0.25) is 9.59 Å². The normalized spacial score (nSPS) is 25.7. The average molecular weight is 391 g/mol. The second-order valence-electron chi connectivity index (χ2n) is 7.99. The Bertz CT molecular complexity index is 735. The molecular formula is C20H26N2O4S. The zero-order chi connectivity index (χ0) is 19.8. The van der Waals surface area contributed by atoms with Crippen molar-refractivity contribution in [1.29, 1.82) is 0 Å². The molecule has 6 nitrogen and oxygen atoms in total. The molecular weight excluding hydrogens is 364 g/mol. The van der Waals surface area contributed by atoms with E-state index in [1.54, 1.807) is 4.90 Å². The number of carbonyl (C=O) groups is 3. The molecule has 2 unspecified atom stereocenters. The number of hydrogen-bond acceptors (Lipinski definition) is 5. The van der Waals surface area contributed by atoms with E-state index in [4.69, 9.17) is 4.74 Å². The van der Waals surface area contributed by atoms with Crippen molar-refractivity contribution in [2.75, 3.05) is 6.61 Å². The van der Waals surface area contributed by atoms with Crippen LogP contribution in [0.3, 0.4) is 0 Å². The topological polar surface area (TPSA) is 75.7 Å². The lowest BCUT2D eigenvalue weighted by molar-refractivity contribution is -0.165. The van der Waals surface area contributed by atoms with E-state index in [0.717, 1.165) is 5.56 Å². The van der Waals surface area contributed by atoms with Gasteiger partial charge in [-0.2, -0.15) is 0 Å². The maximum absolute atomic E-state index is 12.7. The van der Waals surface area contributed by atoms with Crippen LogP contribution in [0.4, 0.5) is 0 Å². The highest BCUT2D eigenvalue weighted by Gasteiger charge is 2.64. The summed E-state index contributed by atoms with van der Waals surface area (Å²) < 4.78 is 4.92. The third kappa shape index (κ3) is 3.98. The second-order valence-corrected chi connectivity index (χ2v) is 9.76. The van der Waals surface area contributed by atoms with Gasteiger partial charge in [-0.1, -0.05) is 44.2 Å². The van der Waals surface area contributed by atoms with Crippen LogP contribution in [0.15, 0.2) is 30.3 Å². The smallest absolute Gasteiger partial charge is 0.330 e. The summed E-state index contributed by atoms with van der Waals surface area (Å²) in [6.45, 7) is 8.15. The fraction of sp³-hybridized carbons (Fsp3) is 0.550. The van der Waals surface area contributed by atoms with Gasteiger partial charge in [0.1, 0.15) is 17.5 Å². The van der Waals surface area contributed by atoms with Crippen LogP contribution in [0.25, 0.3) is 0 Å². The van der Waals surface area contributed by atoms with Gasteiger partial charge in [-0.15, -0.1) is 11.8 Å². The Balaban J connectivity index is 1.64. The second kappa shape index (κ2) is 7.54. The van der Waals surface area contributed by atoms with Gasteiger partial charge in [-0.05, 0) is 25.3 Å². The number of carbonyl (C=O) groups excluding carboxylic acids is 3. The molecule has 1 aromatic carbocycles. The van der Waals surface area contributed by atoms with Crippen molar-refractivity contribution in [3.05, 3.63) is 35.9 Å². The molecule has 0 spiro atoms. The van der Waals surface area contributed by atoms with Gasteiger partial charge in [0.05, 0.1) is 13.0 Å². The number of rotatable bonds is 6. The first-order valence-electron chi connectivity index (χ1n) is 9.20. The maximum atomic E-state index is 12.7. The van der Waals surface area contributed by atoms with Gasteiger partial charge in [0.2, 0.25) is 11.8 Å². The van der Waals surface area contributed by atoms with Crippen LogP contribution in [-0.4, -0.2) is 51.5 Å². The van der Waals surface area contributed by atoms with Crippen molar-refractivity contribution in [1.82, 2.24) is 10.2 Å². The Morgan fingerprint density at radius 2 is 1.93 bits per heavy atom. The monoisotopic (exact) mass is 390 g/mol. The molecule has 0 radical (unpaired) electrons. The fourth-order valence-electron chi connectivity index (χ4n) is 3.46. The van der Waals surface area contributed by atoms with Crippen molar-refractivity contribution in [3.8, 4) is 0 Å². The third-order valence-electron chi connectivity index (χ3n) is 4.75. The Labute approximate surface area is 164 Å². The average Bonchev–Trinajstić information content (AvgIpc) is 2.86. The first-order valence-corrected chi connectivity index (χ1v) is 10.1. The summed E-state index contributed by atoms with van der Waals surface area (Å²) in [6, 6.07) is 8.19. The molecule has 0 aromatic heterocycles.